The number of aliphatic hydroxyl groups is 2. The van der Waals surface area contributed by atoms with Gasteiger partial charge in [0.15, 0.2) is 11.6 Å². The highest BCUT2D eigenvalue weighted by Gasteiger charge is 2.53. The van der Waals surface area contributed by atoms with Crippen LogP contribution >= 0.6 is 0 Å². The molecule has 2 bridgehead atoms. The maximum atomic E-state index is 14.5. The van der Waals surface area contributed by atoms with E-state index >= 15 is 0 Å². The summed E-state index contributed by atoms with van der Waals surface area (Å²) in [5.41, 5.74) is 1.20. The van der Waals surface area contributed by atoms with Crippen molar-refractivity contribution in [1.82, 2.24) is 25.1 Å². The molecular formula is C52H79N5O12. The van der Waals surface area contributed by atoms with E-state index in [1.165, 1.54) is 12.0 Å². The molecule has 1 saturated carbocycles. The molecule has 1 aromatic heterocycles. The van der Waals surface area contributed by atoms with Crippen LogP contribution in [0.4, 0.5) is 0 Å². The van der Waals surface area contributed by atoms with Gasteiger partial charge in [0.2, 0.25) is 5.79 Å². The Hall–Kier alpha value is -4.26. The van der Waals surface area contributed by atoms with Crippen molar-refractivity contribution in [3.8, 4) is 0 Å². The lowest BCUT2D eigenvalue weighted by Gasteiger charge is -2.42. The van der Waals surface area contributed by atoms with Crippen LogP contribution < -0.4 is 0 Å². The fourth-order valence-corrected chi connectivity index (χ4v) is 10.8. The predicted octanol–water partition coefficient (Wildman–Crippen LogP) is 6.05. The van der Waals surface area contributed by atoms with Gasteiger partial charge >= 0.3 is 5.97 Å². The van der Waals surface area contributed by atoms with Crippen LogP contribution in [0.3, 0.4) is 0 Å². The van der Waals surface area contributed by atoms with E-state index in [4.69, 9.17) is 23.7 Å². The number of ether oxygens (including phenoxy) is 5. The van der Waals surface area contributed by atoms with Gasteiger partial charge in [-0.2, -0.15) is 0 Å². The number of cyclic esters (lactones) is 1. The number of aliphatic hydroxyl groups excluding tert-OH is 1. The molecule has 0 spiro atoms. The molecule has 384 valence electrons. The van der Waals surface area contributed by atoms with Crippen molar-refractivity contribution in [2.24, 2.45) is 35.5 Å². The normalized spacial score (nSPS) is 37.1. The van der Waals surface area contributed by atoms with Gasteiger partial charge < -0.3 is 38.8 Å². The average Bonchev–Trinajstić information content (AvgIpc) is 3.88. The van der Waals surface area contributed by atoms with Crippen LogP contribution in [0.25, 0.3) is 0 Å². The Balaban J connectivity index is 1.46. The van der Waals surface area contributed by atoms with E-state index in [-0.39, 0.29) is 60.9 Å². The molecule has 0 aromatic carbocycles. The summed E-state index contributed by atoms with van der Waals surface area (Å²) < 4.78 is 31.6. The Morgan fingerprint density at radius 3 is 2.33 bits per heavy atom. The molecule has 15 atom stereocenters. The molecule has 69 heavy (non-hydrogen) atoms. The molecule has 1 amide bonds. The van der Waals surface area contributed by atoms with Crippen LogP contribution in [-0.2, 0) is 47.7 Å². The number of Topliss-reactive ketones (excluding diaryl/α,β-unsaturated/α-hetero) is 3. The molecule has 0 radical (unpaired) electrons. The number of ketones is 3. The van der Waals surface area contributed by atoms with Crippen molar-refractivity contribution in [1.29, 1.82) is 0 Å². The van der Waals surface area contributed by atoms with Crippen molar-refractivity contribution >= 4 is 29.2 Å². The molecule has 1 aliphatic carbocycles. The Morgan fingerprint density at radius 2 is 1.65 bits per heavy atom. The van der Waals surface area contributed by atoms with Gasteiger partial charge in [0, 0.05) is 58.5 Å². The molecule has 5 rings (SSSR count). The second-order valence-electron chi connectivity index (χ2n) is 20.4. The number of hydrogen-bond acceptors (Lipinski definition) is 15. The minimum Gasteiger partial charge on any atom is -0.460 e. The van der Waals surface area contributed by atoms with Crippen LogP contribution in [0.1, 0.15) is 132 Å². The van der Waals surface area contributed by atoms with Crippen molar-refractivity contribution in [3.05, 3.63) is 53.9 Å². The van der Waals surface area contributed by atoms with Crippen molar-refractivity contribution in [2.45, 2.75) is 180 Å². The quantitative estimate of drug-likeness (QED) is 0.235. The molecule has 4 heterocycles. The number of nitrogens with zero attached hydrogens (tertiary/aromatic N) is 5. The summed E-state index contributed by atoms with van der Waals surface area (Å²) in [5, 5.41) is 35.2. The van der Waals surface area contributed by atoms with Crippen molar-refractivity contribution < 1.29 is 57.9 Å². The topological polar surface area (TPSA) is 219 Å². The number of tetrazole rings is 1. The summed E-state index contributed by atoms with van der Waals surface area (Å²) in [7, 11) is 4.63. The van der Waals surface area contributed by atoms with Gasteiger partial charge in [-0.3, -0.25) is 19.2 Å². The number of fused-ring (bicyclic) bond motifs is 3. The van der Waals surface area contributed by atoms with E-state index in [0.29, 0.717) is 56.9 Å². The van der Waals surface area contributed by atoms with Crippen LogP contribution in [0.15, 0.2) is 53.9 Å². The highest BCUT2D eigenvalue weighted by Crippen LogP contribution is 2.39. The summed E-state index contributed by atoms with van der Waals surface area (Å²) in [6, 6.07) is -1.20. The van der Waals surface area contributed by atoms with Crippen molar-refractivity contribution in [2.75, 3.05) is 27.9 Å². The minimum atomic E-state index is -2.43. The summed E-state index contributed by atoms with van der Waals surface area (Å²) in [6.45, 7) is 12.8. The molecule has 3 aliphatic heterocycles. The van der Waals surface area contributed by atoms with E-state index in [9.17, 15) is 34.2 Å². The average molecular weight is 966 g/mol. The largest absolute Gasteiger partial charge is 0.460 e. The monoisotopic (exact) mass is 966 g/mol. The second kappa shape index (κ2) is 25.7. The summed E-state index contributed by atoms with van der Waals surface area (Å²) in [6.07, 6.45) is 14.0. The van der Waals surface area contributed by atoms with Gasteiger partial charge in [0.1, 0.15) is 24.6 Å². The van der Waals surface area contributed by atoms with Crippen molar-refractivity contribution in [3.63, 3.8) is 0 Å². The first kappa shape index (κ1) is 55.7. The fraction of sp³-hybridized carbons (Fsp3) is 0.731. The number of esters is 1. The van der Waals surface area contributed by atoms with E-state index in [1.807, 2.05) is 58.1 Å². The first-order valence-corrected chi connectivity index (χ1v) is 25.0. The smallest absolute Gasteiger partial charge is 0.329 e. The van der Waals surface area contributed by atoms with Crippen LogP contribution in [0.2, 0.25) is 0 Å². The maximum Gasteiger partial charge on any atom is 0.329 e. The van der Waals surface area contributed by atoms with E-state index < -0.39 is 77.8 Å². The summed E-state index contributed by atoms with van der Waals surface area (Å²) in [4.78, 5) is 72.3. The lowest BCUT2D eigenvalue weighted by Crippen LogP contribution is -2.61. The second-order valence-corrected chi connectivity index (χ2v) is 20.4. The Morgan fingerprint density at radius 1 is 0.899 bits per heavy atom. The summed E-state index contributed by atoms with van der Waals surface area (Å²) in [5.74, 6) is -7.89. The molecule has 2 saturated heterocycles. The highest BCUT2D eigenvalue weighted by atomic mass is 16.6. The van der Waals surface area contributed by atoms with Gasteiger partial charge in [0.05, 0.1) is 30.5 Å². The van der Waals surface area contributed by atoms with Crippen LogP contribution in [0.5, 0.6) is 0 Å². The van der Waals surface area contributed by atoms with E-state index in [0.717, 1.165) is 18.4 Å². The number of amides is 1. The van der Waals surface area contributed by atoms with Gasteiger partial charge in [-0.15, -0.1) is 5.10 Å². The zero-order valence-corrected chi connectivity index (χ0v) is 42.5. The predicted molar refractivity (Wildman–Crippen MR) is 256 cm³/mol. The van der Waals surface area contributed by atoms with Gasteiger partial charge in [-0.25, -0.2) is 9.48 Å². The molecule has 17 nitrogen and oxygen atoms in total. The molecule has 1 unspecified atom stereocenters. The molecular weight excluding hydrogens is 887 g/mol. The maximum absolute atomic E-state index is 14.5. The van der Waals surface area contributed by atoms with Gasteiger partial charge in [-0.05, 0) is 117 Å². The summed E-state index contributed by atoms with van der Waals surface area (Å²) >= 11 is 0. The lowest BCUT2D eigenvalue weighted by molar-refractivity contribution is -0.265. The zero-order chi connectivity index (χ0) is 50.6. The Labute approximate surface area is 408 Å². The minimum absolute atomic E-state index is 0.0197. The third kappa shape index (κ3) is 14.2. The number of aromatic nitrogens is 4. The third-order valence-corrected chi connectivity index (χ3v) is 15.2. The number of carbonyl (C=O) groups excluding carboxylic acids is 5. The third-order valence-electron chi connectivity index (χ3n) is 15.2. The van der Waals surface area contributed by atoms with Gasteiger partial charge in [0.25, 0.3) is 11.7 Å². The number of piperidine rings is 1. The highest BCUT2D eigenvalue weighted by molar-refractivity contribution is 6.39. The van der Waals surface area contributed by atoms with E-state index in [1.54, 1.807) is 52.1 Å². The van der Waals surface area contributed by atoms with Gasteiger partial charge in [-0.1, -0.05) is 71.1 Å². The fourth-order valence-electron chi connectivity index (χ4n) is 10.8. The molecule has 4 aliphatic rings. The number of hydrogen-bond donors (Lipinski definition) is 2. The van der Waals surface area contributed by atoms with E-state index in [2.05, 4.69) is 15.5 Å². The molecule has 1 aromatic rings. The van der Waals surface area contributed by atoms with Crippen LogP contribution in [0, 0.1) is 35.5 Å². The standard InChI is InChI=1S/C52H79N5O12/c1-31-16-12-11-13-17-32(2)43(65-8)28-39-21-19-37(7)52(64,69-39)49(61)50(62)56-23-15-14-18-41(56)51(63)68-44(34(4)26-38-20-22-40(45(27-38)66-9)57-30-53-54-55-57)29-42(58)33(3)25-36(6)47(60)48(67-10)46(59)35(5)24-31/h11-13,16-17,25,30-31,34-41,43-45,47-48,60,64H,14-15,18-24,26-29H2,1-10H3/b13-11?,16-12?,32-17?,33-25+/t31-,34-,35-,36?,37-,38+,39+,40+,41+,43+,44+,45-,47-,48+,52-/m1/s1. The Bertz CT molecular complexity index is 2020. The number of methoxy groups -OCH3 is 3. The first-order valence-electron chi connectivity index (χ1n) is 25.0. The Kier molecular flexibility index (Phi) is 20.8. The number of carbonyl (C=O) groups is 5. The SMILES string of the molecule is CO[C@H]1C[C@@H]2CC[C@@H](C)[C@@](O)(O2)C(=O)C(=O)N2CCCC[C@H]2C(=O)O[C@H]([C@H](C)C[C@@H]2CC[C@H](n3cnnn3)[C@H](OC)C2)CC(=O)/C(C)=C/C(C)[C@@H](O)[C@@H](OC)C(=O)[C@H](C)C[C@H](C)C=CC=CC=C1C. The molecule has 17 heteroatoms. The zero-order valence-electron chi connectivity index (χ0n) is 42.5. The number of rotatable bonds is 7. The first-order chi connectivity index (χ1) is 32.8. The molecule has 2 N–H and O–H groups in total. The lowest BCUT2D eigenvalue weighted by atomic mass is 9.77. The molecule has 3 fully saturated rings. The van der Waals surface area contributed by atoms with Crippen LogP contribution in [-0.4, -0.2) is 141 Å². The number of allylic oxidation sites excluding steroid dienone is 6.